The Labute approximate surface area is 97.8 Å². The SMILES string of the molecule is CC.CCCC1C(C)CCC(CC)C1C. The zero-order valence-corrected chi connectivity index (χ0v) is 11.8. The van der Waals surface area contributed by atoms with Crippen molar-refractivity contribution in [1.29, 1.82) is 0 Å². The molecule has 0 aromatic carbocycles. The van der Waals surface area contributed by atoms with Gasteiger partial charge in [-0.15, -0.1) is 0 Å². The largest absolute Gasteiger partial charge is 0.0683 e. The third kappa shape index (κ3) is 4.17. The van der Waals surface area contributed by atoms with E-state index in [4.69, 9.17) is 0 Å². The topological polar surface area (TPSA) is 0 Å². The Morgan fingerprint density at radius 1 is 1.00 bits per heavy atom. The van der Waals surface area contributed by atoms with Crippen LogP contribution in [0, 0.1) is 23.7 Å². The standard InChI is InChI=1S/C13H26.C2H6/c1-5-7-13-10(3)8-9-12(6-2)11(13)4;1-2/h10-13H,5-9H2,1-4H3;1-2H3. The molecule has 0 radical (unpaired) electrons. The van der Waals surface area contributed by atoms with Crippen molar-refractivity contribution < 1.29 is 0 Å². The molecule has 4 unspecified atom stereocenters. The Morgan fingerprint density at radius 2 is 1.60 bits per heavy atom. The molecule has 1 saturated carbocycles. The first kappa shape index (κ1) is 15.0. The lowest BCUT2D eigenvalue weighted by Crippen LogP contribution is -2.31. The van der Waals surface area contributed by atoms with Crippen LogP contribution in [0.4, 0.5) is 0 Å². The van der Waals surface area contributed by atoms with Crippen LogP contribution in [-0.4, -0.2) is 0 Å². The minimum atomic E-state index is 0.980. The highest BCUT2D eigenvalue weighted by atomic mass is 14.4. The van der Waals surface area contributed by atoms with Crippen LogP contribution in [0.3, 0.4) is 0 Å². The van der Waals surface area contributed by atoms with Gasteiger partial charge in [0.1, 0.15) is 0 Å². The van der Waals surface area contributed by atoms with Crippen LogP contribution in [0.25, 0.3) is 0 Å². The lowest BCUT2D eigenvalue weighted by molar-refractivity contribution is 0.101. The molecule has 0 heteroatoms. The van der Waals surface area contributed by atoms with Gasteiger partial charge in [0.05, 0.1) is 0 Å². The van der Waals surface area contributed by atoms with Crippen molar-refractivity contribution in [3.63, 3.8) is 0 Å². The Hall–Kier alpha value is 0. The van der Waals surface area contributed by atoms with E-state index < -0.39 is 0 Å². The van der Waals surface area contributed by atoms with Gasteiger partial charge in [-0.25, -0.2) is 0 Å². The van der Waals surface area contributed by atoms with Gasteiger partial charge in [-0.3, -0.25) is 0 Å². The highest BCUT2D eigenvalue weighted by Gasteiger charge is 2.32. The van der Waals surface area contributed by atoms with Gasteiger partial charge in [0.2, 0.25) is 0 Å². The van der Waals surface area contributed by atoms with E-state index in [0.29, 0.717) is 0 Å². The van der Waals surface area contributed by atoms with Crippen LogP contribution in [0.5, 0.6) is 0 Å². The molecule has 15 heavy (non-hydrogen) atoms. The van der Waals surface area contributed by atoms with Gasteiger partial charge in [-0.2, -0.15) is 0 Å². The summed E-state index contributed by atoms with van der Waals surface area (Å²) in [5.41, 5.74) is 0. The molecule has 1 rings (SSSR count). The summed E-state index contributed by atoms with van der Waals surface area (Å²) in [5.74, 6) is 4.00. The monoisotopic (exact) mass is 212 g/mol. The molecular formula is C15H32. The lowest BCUT2D eigenvalue weighted by Gasteiger charge is -2.40. The summed E-state index contributed by atoms with van der Waals surface area (Å²) in [7, 11) is 0. The summed E-state index contributed by atoms with van der Waals surface area (Å²) in [6.07, 6.45) is 7.19. The predicted octanol–water partition coefficient (Wildman–Crippen LogP) is 5.52. The molecule has 0 saturated heterocycles. The third-order valence-corrected chi connectivity index (χ3v) is 4.29. The van der Waals surface area contributed by atoms with Crippen molar-refractivity contribution in [2.24, 2.45) is 23.7 Å². The van der Waals surface area contributed by atoms with Gasteiger partial charge in [0, 0.05) is 0 Å². The van der Waals surface area contributed by atoms with E-state index in [0.717, 1.165) is 23.7 Å². The summed E-state index contributed by atoms with van der Waals surface area (Å²) in [4.78, 5) is 0. The molecule has 0 bridgehead atoms. The van der Waals surface area contributed by atoms with Crippen molar-refractivity contribution in [3.05, 3.63) is 0 Å². The number of hydrogen-bond acceptors (Lipinski definition) is 0. The predicted molar refractivity (Wildman–Crippen MR) is 71.1 cm³/mol. The van der Waals surface area contributed by atoms with Gasteiger partial charge in [-0.05, 0) is 30.1 Å². The van der Waals surface area contributed by atoms with E-state index in [1.54, 1.807) is 0 Å². The van der Waals surface area contributed by atoms with E-state index in [-0.39, 0.29) is 0 Å². The summed E-state index contributed by atoms with van der Waals surface area (Å²) in [5, 5.41) is 0. The molecule has 0 heterocycles. The second-order valence-electron chi connectivity index (χ2n) is 5.03. The van der Waals surface area contributed by atoms with Gasteiger partial charge < -0.3 is 0 Å². The maximum Gasteiger partial charge on any atom is -0.0360 e. The molecule has 0 spiro atoms. The summed E-state index contributed by atoms with van der Waals surface area (Å²) < 4.78 is 0. The van der Waals surface area contributed by atoms with Crippen LogP contribution in [0.1, 0.15) is 73.6 Å². The molecule has 1 fully saturated rings. The van der Waals surface area contributed by atoms with Crippen LogP contribution in [-0.2, 0) is 0 Å². The molecule has 0 nitrogen and oxygen atoms in total. The van der Waals surface area contributed by atoms with E-state index in [1.807, 2.05) is 13.8 Å². The summed E-state index contributed by atoms with van der Waals surface area (Å²) >= 11 is 0. The summed E-state index contributed by atoms with van der Waals surface area (Å²) in [6, 6.07) is 0. The van der Waals surface area contributed by atoms with Crippen molar-refractivity contribution in [2.75, 3.05) is 0 Å². The van der Waals surface area contributed by atoms with E-state index in [9.17, 15) is 0 Å². The second kappa shape index (κ2) is 8.19. The first-order chi connectivity index (χ1) is 7.20. The molecular weight excluding hydrogens is 180 g/mol. The minimum absolute atomic E-state index is 0.980. The average Bonchev–Trinajstić information content (AvgIpc) is 2.27. The molecule has 0 amide bonds. The Morgan fingerprint density at radius 3 is 2.07 bits per heavy atom. The zero-order chi connectivity index (χ0) is 11.8. The molecule has 4 atom stereocenters. The van der Waals surface area contributed by atoms with Crippen LogP contribution < -0.4 is 0 Å². The van der Waals surface area contributed by atoms with Crippen LogP contribution >= 0.6 is 0 Å². The highest BCUT2D eigenvalue weighted by molar-refractivity contribution is 4.82. The van der Waals surface area contributed by atoms with Gasteiger partial charge in [0.15, 0.2) is 0 Å². The quantitative estimate of drug-likeness (QED) is 0.577. The van der Waals surface area contributed by atoms with Crippen LogP contribution in [0.15, 0.2) is 0 Å². The Kier molecular flexibility index (Phi) is 8.19. The zero-order valence-electron chi connectivity index (χ0n) is 11.8. The maximum atomic E-state index is 2.49. The second-order valence-corrected chi connectivity index (χ2v) is 5.03. The summed E-state index contributed by atoms with van der Waals surface area (Å²) in [6.45, 7) is 13.6. The maximum absolute atomic E-state index is 2.49. The highest BCUT2D eigenvalue weighted by Crippen LogP contribution is 2.41. The number of rotatable bonds is 3. The fourth-order valence-electron chi connectivity index (χ4n) is 3.28. The first-order valence-electron chi connectivity index (χ1n) is 7.20. The molecule has 0 aliphatic heterocycles. The smallest absolute Gasteiger partial charge is 0.0360 e. The minimum Gasteiger partial charge on any atom is -0.0683 e. The molecule has 1 aliphatic carbocycles. The molecule has 92 valence electrons. The fourth-order valence-corrected chi connectivity index (χ4v) is 3.28. The lowest BCUT2D eigenvalue weighted by atomic mass is 9.66. The van der Waals surface area contributed by atoms with Gasteiger partial charge in [0.25, 0.3) is 0 Å². The van der Waals surface area contributed by atoms with Gasteiger partial charge >= 0.3 is 0 Å². The molecule has 1 aliphatic rings. The molecule has 0 aromatic heterocycles. The normalized spacial score (nSPS) is 35.6. The number of hydrogen-bond donors (Lipinski definition) is 0. The molecule has 0 aromatic rings. The van der Waals surface area contributed by atoms with Crippen molar-refractivity contribution in [3.8, 4) is 0 Å². The van der Waals surface area contributed by atoms with E-state index >= 15 is 0 Å². The average molecular weight is 212 g/mol. The first-order valence-corrected chi connectivity index (χ1v) is 7.20. The van der Waals surface area contributed by atoms with Crippen molar-refractivity contribution >= 4 is 0 Å². The van der Waals surface area contributed by atoms with E-state index in [2.05, 4.69) is 27.7 Å². The third-order valence-electron chi connectivity index (χ3n) is 4.29. The van der Waals surface area contributed by atoms with Crippen molar-refractivity contribution in [2.45, 2.75) is 73.6 Å². The van der Waals surface area contributed by atoms with Crippen LogP contribution in [0.2, 0.25) is 0 Å². The fraction of sp³-hybridized carbons (Fsp3) is 1.00. The van der Waals surface area contributed by atoms with Crippen molar-refractivity contribution in [1.82, 2.24) is 0 Å². The molecule has 0 N–H and O–H groups in total. The Bertz CT molecular complexity index is 139. The Balaban J connectivity index is 0.000000921. The van der Waals surface area contributed by atoms with Gasteiger partial charge in [-0.1, -0.05) is 67.2 Å². The van der Waals surface area contributed by atoms with E-state index in [1.165, 1.54) is 32.1 Å².